The highest BCUT2D eigenvalue weighted by Gasteiger charge is 2.50. The van der Waals surface area contributed by atoms with E-state index in [0.29, 0.717) is 18.4 Å². The molecule has 2 N–H and O–H groups in total. The highest BCUT2D eigenvalue weighted by Crippen LogP contribution is 2.45. The summed E-state index contributed by atoms with van der Waals surface area (Å²) in [4.78, 5) is 22.7. The predicted octanol–water partition coefficient (Wildman–Crippen LogP) is 1.75. The zero-order chi connectivity index (χ0) is 15.5. The van der Waals surface area contributed by atoms with Crippen molar-refractivity contribution in [2.24, 2.45) is 5.41 Å². The van der Waals surface area contributed by atoms with E-state index >= 15 is 0 Å². The van der Waals surface area contributed by atoms with Gasteiger partial charge in [0.05, 0.1) is 12.5 Å². The van der Waals surface area contributed by atoms with Gasteiger partial charge < -0.3 is 15.2 Å². The van der Waals surface area contributed by atoms with Crippen LogP contribution in [0.2, 0.25) is 0 Å². The number of nitrogens with one attached hydrogen (secondary N) is 1. The molecule has 0 spiro atoms. The molecule has 0 unspecified atom stereocenters. The summed E-state index contributed by atoms with van der Waals surface area (Å²) in [5, 5.41) is 11.6. The molecule has 1 amide bonds. The van der Waals surface area contributed by atoms with Crippen LogP contribution < -0.4 is 10.1 Å². The molecular formula is C15H18FNO4. The van der Waals surface area contributed by atoms with E-state index in [-0.39, 0.29) is 31.0 Å². The van der Waals surface area contributed by atoms with Gasteiger partial charge in [-0.1, -0.05) is 12.1 Å². The standard InChI is InChI=1S/C15H18FNO4/c1-21-11-4-2-3-10(13(11)16)5-6-12(18)17-9-15(7-8-15)14(19)20/h2-4H,5-9H2,1H3,(H,17,18)(H,19,20). The average Bonchev–Trinajstić information content (AvgIpc) is 3.25. The molecule has 2 rings (SSSR count). The molecule has 1 aliphatic rings. The Balaban J connectivity index is 1.83. The molecule has 0 saturated heterocycles. The summed E-state index contributed by atoms with van der Waals surface area (Å²) in [6, 6.07) is 4.78. The molecule has 1 fully saturated rings. The van der Waals surface area contributed by atoms with E-state index in [0.717, 1.165) is 0 Å². The number of benzene rings is 1. The van der Waals surface area contributed by atoms with Crippen LogP contribution in [-0.2, 0) is 16.0 Å². The van der Waals surface area contributed by atoms with Crippen molar-refractivity contribution in [2.75, 3.05) is 13.7 Å². The van der Waals surface area contributed by atoms with Gasteiger partial charge in [-0.2, -0.15) is 0 Å². The second-order valence-corrected chi connectivity index (χ2v) is 5.30. The number of amides is 1. The zero-order valence-corrected chi connectivity index (χ0v) is 11.8. The Morgan fingerprint density at radius 1 is 1.43 bits per heavy atom. The number of methoxy groups -OCH3 is 1. The molecule has 1 aromatic rings. The summed E-state index contributed by atoms with van der Waals surface area (Å²) in [6.45, 7) is 0.141. The lowest BCUT2D eigenvalue weighted by molar-refractivity contribution is -0.143. The molecule has 1 aliphatic carbocycles. The summed E-state index contributed by atoms with van der Waals surface area (Å²) < 4.78 is 18.8. The number of hydrogen-bond donors (Lipinski definition) is 2. The number of carbonyl (C=O) groups excluding carboxylic acids is 1. The van der Waals surface area contributed by atoms with Gasteiger partial charge in [0.2, 0.25) is 5.91 Å². The summed E-state index contributed by atoms with van der Waals surface area (Å²) in [5.41, 5.74) is -0.375. The van der Waals surface area contributed by atoms with E-state index in [1.165, 1.54) is 13.2 Å². The van der Waals surface area contributed by atoms with Crippen molar-refractivity contribution in [1.82, 2.24) is 5.32 Å². The van der Waals surface area contributed by atoms with Gasteiger partial charge in [0, 0.05) is 13.0 Å². The van der Waals surface area contributed by atoms with Gasteiger partial charge in [0.25, 0.3) is 0 Å². The number of carboxylic acid groups (broad SMARTS) is 1. The van der Waals surface area contributed by atoms with Gasteiger partial charge >= 0.3 is 5.97 Å². The first kappa shape index (κ1) is 15.3. The Hall–Kier alpha value is -2.11. The number of carbonyl (C=O) groups is 2. The topological polar surface area (TPSA) is 75.6 Å². The summed E-state index contributed by atoms with van der Waals surface area (Å²) in [6.07, 6.45) is 1.54. The van der Waals surface area contributed by atoms with Gasteiger partial charge in [-0.3, -0.25) is 9.59 Å². The maximum atomic E-state index is 13.9. The number of rotatable bonds is 7. The van der Waals surface area contributed by atoms with Gasteiger partial charge in [-0.05, 0) is 30.9 Å². The molecular weight excluding hydrogens is 277 g/mol. The van der Waals surface area contributed by atoms with E-state index in [4.69, 9.17) is 9.84 Å². The fourth-order valence-corrected chi connectivity index (χ4v) is 2.13. The number of ether oxygens (including phenoxy) is 1. The minimum Gasteiger partial charge on any atom is -0.494 e. The Bertz CT molecular complexity index is 555. The minimum absolute atomic E-state index is 0.111. The summed E-state index contributed by atoms with van der Waals surface area (Å²) >= 11 is 0. The lowest BCUT2D eigenvalue weighted by Crippen LogP contribution is -2.34. The van der Waals surface area contributed by atoms with E-state index < -0.39 is 17.2 Å². The third-order valence-corrected chi connectivity index (χ3v) is 3.82. The number of carboxylic acids is 1. The van der Waals surface area contributed by atoms with E-state index in [1.54, 1.807) is 12.1 Å². The van der Waals surface area contributed by atoms with Crippen molar-refractivity contribution >= 4 is 11.9 Å². The van der Waals surface area contributed by atoms with Crippen molar-refractivity contribution in [3.05, 3.63) is 29.6 Å². The fourth-order valence-electron chi connectivity index (χ4n) is 2.13. The molecule has 6 heteroatoms. The number of aryl methyl sites for hydroxylation is 1. The largest absolute Gasteiger partial charge is 0.494 e. The molecule has 0 aromatic heterocycles. The maximum Gasteiger partial charge on any atom is 0.311 e. The first-order valence-electron chi connectivity index (χ1n) is 6.80. The quantitative estimate of drug-likeness (QED) is 0.803. The van der Waals surface area contributed by atoms with E-state index in [1.807, 2.05) is 0 Å². The van der Waals surface area contributed by atoms with Gasteiger partial charge in [0.15, 0.2) is 11.6 Å². The Morgan fingerprint density at radius 2 is 2.14 bits per heavy atom. The smallest absolute Gasteiger partial charge is 0.311 e. The molecule has 0 bridgehead atoms. The molecule has 114 valence electrons. The lowest BCUT2D eigenvalue weighted by Gasteiger charge is -2.11. The van der Waals surface area contributed by atoms with Crippen LogP contribution in [0, 0.1) is 11.2 Å². The maximum absolute atomic E-state index is 13.9. The van der Waals surface area contributed by atoms with Crippen LogP contribution in [0.1, 0.15) is 24.8 Å². The normalized spacial score (nSPS) is 15.3. The first-order chi connectivity index (χ1) is 9.98. The van der Waals surface area contributed by atoms with Crippen LogP contribution in [0.5, 0.6) is 5.75 Å². The second-order valence-electron chi connectivity index (χ2n) is 5.30. The van der Waals surface area contributed by atoms with Crippen LogP contribution in [0.15, 0.2) is 18.2 Å². The first-order valence-corrected chi connectivity index (χ1v) is 6.80. The molecule has 1 aromatic carbocycles. The Labute approximate surface area is 122 Å². The van der Waals surface area contributed by atoms with E-state index in [2.05, 4.69) is 5.32 Å². The van der Waals surface area contributed by atoms with Crippen molar-refractivity contribution < 1.29 is 23.8 Å². The molecule has 0 radical (unpaired) electrons. The predicted molar refractivity (Wildman–Crippen MR) is 73.6 cm³/mol. The highest BCUT2D eigenvalue weighted by atomic mass is 19.1. The van der Waals surface area contributed by atoms with Crippen LogP contribution in [0.3, 0.4) is 0 Å². The second kappa shape index (κ2) is 6.11. The molecule has 21 heavy (non-hydrogen) atoms. The minimum atomic E-state index is -0.873. The molecule has 0 atom stereocenters. The van der Waals surface area contributed by atoms with Gasteiger partial charge in [-0.25, -0.2) is 4.39 Å². The molecule has 5 nitrogen and oxygen atoms in total. The number of halogens is 1. The Kier molecular flexibility index (Phi) is 4.45. The molecule has 0 heterocycles. The summed E-state index contributed by atoms with van der Waals surface area (Å²) in [5.74, 6) is -1.46. The molecule has 0 aliphatic heterocycles. The van der Waals surface area contributed by atoms with Crippen LogP contribution in [0.4, 0.5) is 4.39 Å². The van der Waals surface area contributed by atoms with Gasteiger partial charge in [-0.15, -0.1) is 0 Å². The third-order valence-electron chi connectivity index (χ3n) is 3.82. The third kappa shape index (κ3) is 3.51. The fraction of sp³-hybridized carbons (Fsp3) is 0.467. The number of hydrogen-bond acceptors (Lipinski definition) is 3. The molecule has 1 saturated carbocycles. The van der Waals surface area contributed by atoms with Crippen molar-refractivity contribution in [1.29, 1.82) is 0 Å². The Morgan fingerprint density at radius 3 is 2.71 bits per heavy atom. The van der Waals surface area contributed by atoms with Crippen molar-refractivity contribution in [2.45, 2.75) is 25.7 Å². The average molecular weight is 295 g/mol. The van der Waals surface area contributed by atoms with Crippen LogP contribution in [0.25, 0.3) is 0 Å². The number of aliphatic carboxylic acids is 1. The monoisotopic (exact) mass is 295 g/mol. The van der Waals surface area contributed by atoms with E-state index in [9.17, 15) is 14.0 Å². The highest BCUT2D eigenvalue weighted by molar-refractivity contribution is 5.81. The summed E-state index contributed by atoms with van der Waals surface area (Å²) in [7, 11) is 1.38. The van der Waals surface area contributed by atoms with Crippen LogP contribution in [-0.4, -0.2) is 30.6 Å². The van der Waals surface area contributed by atoms with Gasteiger partial charge in [0.1, 0.15) is 0 Å². The SMILES string of the molecule is COc1cccc(CCC(=O)NCC2(C(=O)O)CC2)c1F. The van der Waals surface area contributed by atoms with Crippen molar-refractivity contribution in [3.8, 4) is 5.75 Å². The zero-order valence-electron chi connectivity index (χ0n) is 11.8. The lowest BCUT2D eigenvalue weighted by atomic mass is 10.1. The van der Waals surface area contributed by atoms with Crippen molar-refractivity contribution in [3.63, 3.8) is 0 Å². The van der Waals surface area contributed by atoms with Crippen LogP contribution >= 0.6 is 0 Å².